The summed E-state index contributed by atoms with van der Waals surface area (Å²) in [6.45, 7) is 1.98. The van der Waals surface area contributed by atoms with Gasteiger partial charge in [-0.15, -0.1) is 0 Å². The van der Waals surface area contributed by atoms with E-state index in [1.807, 2.05) is 31.2 Å². The predicted octanol–water partition coefficient (Wildman–Crippen LogP) is 5.02. The first-order chi connectivity index (χ1) is 15.2. The first-order valence-corrected chi connectivity index (χ1v) is 11.2. The molecule has 0 amide bonds. The lowest BCUT2D eigenvalue weighted by molar-refractivity contribution is 0.478. The van der Waals surface area contributed by atoms with Crippen molar-refractivity contribution >= 4 is 31.9 Å². The average Bonchev–Trinajstić information content (AvgIpc) is 3.17. The maximum absolute atomic E-state index is 12.0. The van der Waals surface area contributed by atoms with Gasteiger partial charge in [-0.2, -0.15) is 8.42 Å². The minimum absolute atomic E-state index is 0.0129. The number of phenolic OH excluding ortho intramolecular Hbond substituents is 2. The number of nitrogens with one attached hydrogen (secondary N) is 1. The fraction of sp³-hybridized carbons (Fsp3) is 0.0417. The molecule has 0 saturated carbocycles. The molecule has 0 radical (unpaired) electrons. The zero-order valence-electron chi connectivity index (χ0n) is 16.9. The van der Waals surface area contributed by atoms with Crippen molar-refractivity contribution in [3.8, 4) is 34.0 Å². The van der Waals surface area contributed by atoms with E-state index in [-0.39, 0.29) is 27.2 Å². The molecule has 0 unspecified atom stereocenters. The van der Waals surface area contributed by atoms with Crippen molar-refractivity contribution in [2.24, 2.45) is 0 Å². The fourth-order valence-electron chi connectivity index (χ4n) is 3.93. The summed E-state index contributed by atoms with van der Waals surface area (Å²) >= 11 is 0. The molecule has 5 aromatic rings. The van der Waals surface area contributed by atoms with Crippen LogP contribution in [-0.2, 0) is 10.1 Å². The van der Waals surface area contributed by atoms with Gasteiger partial charge in [-0.1, -0.05) is 54.1 Å². The molecule has 0 atom stereocenters. The van der Waals surface area contributed by atoms with Crippen molar-refractivity contribution in [3.63, 3.8) is 0 Å². The Hall–Kier alpha value is -3.88. The lowest BCUT2D eigenvalue weighted by Gasteiger charge is -2.09. The van der Waals surface area contributed by atoms with Crippen molar-refractivity contribution in [1.29, 1.82) is 0 Å². The molecule has 0 spiro atoms. The van der Waals surface area contributed by atoms with Crippen LogP contribution in [0.2, 0.25) is 0 Å². The van der Waals surface area contributed by atoms with E-state index >= 15 is 0 Å². The lowest BCUT2D eigenvalue weighted by Crippen LogP contribution is -1.99. The summed E-state index contributed by atoms with van der Waals surface area (Å²) in [7, 11) is -4.56. The largest absolute Gasteiger partial charge is 0.507 e. The van der Waals surface area contributed by atoms with E-state index in [1.165, 1.54) is 24.3 Å². The van der Waals surface area contributed by atoms with Gasteiger partial charge < -0.3 is 15.2 Å². The van der Waals surface area contributed by atoms with E-state index in [2.05, 4.69) is 9.97 Å². The Kier molecular flexibility index (Phi) is 4.44. The second-order valence-electron chi connectivity index (χ2n) is 7.60. The number of aromatic amines is 1. The summed E-state index contributed by atoms with van der Waals surface area (Å²) in [6.07, 6.45) is 0. The molecule has 5 rings (SSSR count). The van der Waals surface area contributed by atoms with Crippen LogP contribution in [-0.4, -0.2) is 33.2 Å². The van der Waals surface area contributed by atoms with Gasteiger partial charge in [0.2, 0.25) is 0 Å². The molecule has 4 aromatic carbocycles. The van der Waals surface area contributed by atoms with E-state index < -0.39 is 10.1 Å². The number of rotatable bonds is 3. The summed E-state index contributed by atoms with van der Waals surface area (Å²) in [5, 5.41) is 21.8. The molecule has 4 N–H and O–H groups in total. The number of nitrogens with zero attached hydrogens (tertiary/aromatic N) is 1. The Morgan fingerprint density at radius 1 is 0.906 bits per heavy atom. The van der Waals surface area contributed by atoms with Gasteiger partial charge in [0.15, 0.2) is 0 Å². The Morgan fingerprint density at radius 2 is 1.59 bits per heavy atom. The van der Waals surface area contributed by atoms with Gasteiger partial charge in [0.1, 0.15) is 27.7 Å². The normalized spacial score (nSPS) is 11.9. The number of hydrogen-bond donors (Lipinski definition) is 4. The number of benzene rings is 4. The molecule has 1 heterocycles. The van der Waals surface area contributed by atoms with E-state index in [0.717, 1.165) is 11.1 Å². The van der Waals surface area contributed by atoms with Gasteiger partial charge in [-0.05, 0) is 30.7 Å². The Labute approximate surface area is 183 Å². The topological polar surface area (TPSA) is 124 Å². The zero-order chi connectivity index (χ0) is 22.6. The molecule has 160 valence electrons. The molecule has 8 heteroatoms. The molecule has 0 bridgehead atoms. The van der Waals surface area contributed by atoms with E-state index in [9.17, 15) is 23.2 Å². The maximum Gasteiger partial charge on any atom is 0.295 e. The number of imidazole rings is 1. The van der Waals surface area contributed by atoms with Gasteiger partial charge in [0, 0.05) is 10.9 Å². The van der Waals surface area contributed by atoms with Crippen LogP contribution in [0.25, 0.3) is 44.3 Å². The lowest BCUT2D eigenvalue weighted by atomic mass is 10.0. The number of aromatic hydroxyl groups is 2. The van der Waals surface area contributed by atoms with Gasteiger partial charge in [-0.25, -0.2) is 4.98 Å². The highest BCUT2D eigenvalue weighted by Crippen LogP contribution is 2.40. The van der Waals surface area contributed by atoms with Gasteiger partial charge in [-0.3, -0.25) is 4.55 Å². The fourth-order valence-corrected chi connectivity index (χ4v) is 4.64. The van der Waals surface area contributed by atoms with E-state index in [1.54, 1.807) is 18.2 Å². The number of aromatic nitrogens is 2. The molecule has 0 aliphatic carbocycles. The van der Waals surface area contributed by atoms with Crippen LogP contribution in [0.15, 0.2) is 71.6 Å². The second-order valence-corrected chi connectivity index (χ2v) is 8.99. The zero-order valence-corrected chi connectivity index (χ0v) is 17.7. The average molecular weight is 446 g/mol. The summed E-state index contributed by atoms with van der Waals surface area (Å²) in [4.78, 5) is 7.22. The summed E-state index contributed by atoms with van der Waals surface area (Å²) in [5.74, 6) is 0.135. The van der Waals surface area contributed by atoms with Gasteiger partial charge >= 0.3 is 0 Å². The number of phenols is 2. The summed E-state index contributed by atoms with van der Waals surface area (Å²) in [5.41, 5.74) is 3.58. The van der Waals surface area contributed by atoms with E-state index in [4.69, 9.17) is 0 Å². The summed E-state index contributed by atoms with van der Waals surface area (Å²) < 4.78 is 33.6. The Bertz CT molecular complexity index is 1620. The molecular formula is C24H18N2O5S. The molecule has 0 aliphatic heterocycles. The van der Waals surface area contributed by atoms with Crippen molar-refractivity contribution in [1.82, 2.24) is 9.97 Å². The van der Waals surface area contributed by atoms with Crippen LogP contribution < -0.4 is 0 Å². The first-order valence-electron chi connectivity index (χ1n) is 9.75. The van der Waals surface area contributed by atoms with Crippen LogP contribution in [0.3, 0.4) is 0 Å². The van der Waals surface area contributed by atoms with Crippen LogP contribution >= 0.6 is 0 Å². The molecule has 0 fully saturated rings. The number of hydrogen-bond acceptors (Lipinski definition) is 5. The molecule has 32 heavy (non-hydrogen) atoms. The monoisotopic (exact) mass is 446 g/mol. The number of para-hydroxylation sites is 1. The van der Waals surface area contributed by atoms with Crippen LogP contribution in [0.4, 0.5) is 0 Å². The quantitative estimate of drug-likeness (QED) is 0.289. The highest BCUT2D eigenvalue weighted by molar-refractivity contribution is 7.86. The van der Waals surface area contributed by atoms with Gasteiger partial charge in [0.05, 0.1) is 16.5 Å². The first kappa shape index (κ1) is 20.0. The van der Waals surface area contributed by atoms with Crippen molar-refractivity contribution < 1.29 is 23.2 Å². The van der Waals surface area contributed by atoms with Crippen molar-refractivity contribution in [3.05, 3.63) is 72.3 Å². The highest BCUT2D eigenvalue weighted by atomic mass is 32.2. The van der Waals surface area contributed by atoms with Crippen LogP contribution in [0.5, 0.6) is 11.5 Å². The third kappa shape index (κ3) is 3.17. The predicted molar refractivity (Wildman–Crippen MR) is 122 cm³/mol. The minimum Gasteiger partial charge on any atom is -0.507 e. The Morgan fingerprint density at radius 3 is 2.31 bits per heavy atom. The van der Waals surface area contributed by atoms with Crippen molar-refractivity contribution in [2.75, 3.05) is 0 Å². The highest BCUT2D eigenvalue weighted by Gasteiger charge is 2.22. The standard InChI is InChI=1S/C24H18N2O5S/c1-13-8-10-14(11-9-13)15-4-2-6-17(23(15)28)24-25-18-12-20(32(29,30)31)16-5-3-7-19(27)21(16)22(18)26-24/h2-12,27-28H,1H3,(H,25,26)(H,29,30,31). The number of H-pyrrole nitrogens is 1. The van der Waals surface area contributed by atoms with Gasteiger partial charge in [0.25, 0.3) is 10.1 Å². The summed E-state index contributed by atoms with van der Waals surface area (Å²) in [6, 6.07) is 18.7. The van der Waals surface area contributed by atoms with E-state index in [0.29, 0.717) is 28.0 Å². The molecule has 0 saturated heterocycles. The van der Waals surface area contributed by atoms with Crippen molar-refractivity contribution in [2.45, 2.75) is 11.8 Å². The third-order valence-corrected chi connectivity index (χ3v) is 6.38. The number of aryl methyl sites for hydroxylation is 1. The van der Waals surface area contributed by atoms with Crippen LogP contribution in [0.1, 0.15) is 5.56 Å². The molecule has 1 aromatic heterocycles. The van der Waals surface area contributed by atoms with Crippen LogP contribution in [0, 0.1) is 6.92 Å². The molecule has 0 aliphatic rings. The Balaban J connectivity index is 1.78. The number of fused-ring (bicyclic) bond motifs is 3. The minimum atomic E-state index is -4.56. The molecule has 7 nitrogen and oxygen atoms in total. The smallest absolute Gasteiger partial charge is 0.295 e. The third-order valence-electron chi connectivity index (χ3n) is 5.48. The second kappa shape index (κ2) is 7.08. The SMILES string of the molecule is Cc1ccc(-c2cccc(-c3nc4c(cc(S(=O)(=O)O)c5cccc(O)c54)[nH]3)c2O)cc1. The molecular weight excluding hydrogens is 428 g/mol. The maximum atomic E-state index is 12.0.